The molecule has 0 amide bonds. The average Bonchev–Trinajstić information content (AvgIpc) is 1.38. The molecule has 0 N–H and O–H groups in total. The lowest BCUT2D eigenvalue weighted by Crippen LogP contribution is -1.65. The molecule has 0 rings (SSSR count). The molecule has 0 radical (unpaired) electrons. The molecular weight excluding hydrogens is 79.0 g/mol. The lowest BCUT2D eigenvalue weighted by Gasteiger charge is -1.92. The Morgan fingerprint density at radius 3 is 1.80 bits per heavy atom. The van der Waals surface area contributed by atoms with Gasteiger partial charge in [0.25, 0.3) is 0 Å². The van der Waals surface area contributed by atoms with Crippen molar-refractivity contribution in [3.8, 4) is 0 Å². The van der Waals surface area contributed by atoms with Gasteiger partial charge in [-0.3, -0.25) is 0 Å². The van der Waals surface area contributed by atoms with E-state index in [1.54, 1.807) is 0 Å². The van der Waals surface area contributed by atoms with Gasteiger partial charge in [-0.15, -0.1) is 7.92 Å². The van der Waals surface area contributed by atoms with E-state index in [9.17, 15) is 0 Å². The van der Waals surface area contributed by atoms with Crippen molar-refractivity contribution in [3.63, 3.8) is 0 Å². The van der Waals surface area contributed by atoms with Crippen LogP contribution in [0.25, 0.3) is 0 Å². The van der Waals surface area contributed by atoms with Crippen LogP contribution < -0.4 is 0 Å². The third kappa shape index (κ3) is 4.43. The first kappa shape index (κ1) is 5.43. The number of hydrogen-bond acceptors (Lipinski definition) is 0. The molecule has 1 heteroatoms. The van der Waals surface area contributed by atoms with Crippen LogP contribution >= 0.6 is 7.92 Å². The molecule has 0 aliphatic rings. The molecule has 0 saturated heterocycles. The smallest absolute Gasteiger partial charge is 0 e. The Morgan fingerprint density at radius 1 is 1.60 bits per heavy atom. The predicted molar refractivity (Wildman–Crippen MR) is 31.4 cm³/mol. The molecule has 0 aliphatic carbocycles. The Morgan fingerprint density at radius 2 is 1.80 bits per heavy atom. The maximum absolute atomic E-state index is 2.29. The van der Waals surface area contributed by atoms with Crippen molar-refractivity contribution in [2.24, 2.45) is 0 Å². The van der Waals surface area contributed by atoms with Crippen molar-refractivity contribution in [2.45, 2.75) is 6.92 Å². The van der Waals surface area contributed by atoms with Gasteiger partial charge < -0.3 is 0 Å². The molecule has 0 atom stereocenters. The topological polar surface area (TPSA) is 0 Å². The molecule has 0 unspecified atom stereocenters. The van der Waals surface area contributed by atoms with Gasteiger partial charge in [0.2, 0.25) is 0 Å². The Bertz CT molecular complexity index is 21.5. The van der Waals surface area contributed by atoms with Gasteiger partial charge in [0.15, 0.2) is 0 Å². The van der Waals surface area contributed by atoms with Crippen molar-refractivity contribution < 1.29 is 1.43 Å². The third-order valence-corrected chi connectivity index (χ3v) is 1.90. The summed E-state index contributed by atoms with van der Waals surface area (Å²) >= 11 is 0. The SMILES string of the molecule is CCP(C)C.[2HH]. The normalized spacial score (nSPS) is 9.60. The summed E-state index contributed by atoms with van der Waals surface area (Å²) in [5, 5.41) is 0. The molecule has 0 fully saturated rings. The summed E-state index contributed by atoms with van der Waals surface area (Å²) in [6.07, 6.45) is 1.37. The van der Waals surface area contributed by atoms with Gasteiger partial charge in [-0.05, 0) is 19.5 Å². The molecule has 0 nitrogen and oxygen atoms in total. The zero-order chi connectivity index (χ0) is 4.28. The first-order valence-corrected chi connectivity index (χ1v) is 4.34. The van der Waals surface area contributed by atoms with Crippen molar-refractivity contribution in [1.29, 1.82) is 0 Å². The van der Waals surface area contributed by atoms with Gasteiger partial charge in [-0.2, -0.15) is 0 Å². The Balaban J connectivity index is 0. The van der Waals surface area contributed by atoms with Crippen LogP contribution in [0.2, 0.25) is 0 Å². The second-order valence-corrected chi connectivity index (χ2v) is 4.19. The van der Waals surface area contributed by atoms with Gasteiger partial charge in [0.05, 0.1) is 0 Å². The monoisotopic (exact) mass is 93.1 g/mol. The molecule has 0 spiro atoms. The highest BCUT2D eigenvalue weighted by Gasteiger charge is 1.78. The minimum atomic E-state index is 0. The lowest BCUT2D eigenvalue weighted by molar-refractivity contribution is 1.50. The van der Waals surface area contributed by atoms with Crippen LogP contribution in [0, 0.1) is 0 Å². The van der Waals surface area contributed by atoms with E-state index >= 15 is 0 Å². The minimum Gasteiger partial charge on any atom is -0.113 e. The summed E-state index contributed by atoms with van der Waals surface area (Å²) in [6.45, 7) is 6.80. The van der Waals surface area contributed by atoms with Crippen molar-refractivity contribution in [1.82, 2.24) is 0 Å². The molecular formula is C4H13P. The van der Waals surface area contributed by atoms with Crippen LogP contribution in [-0.2, 0) is 0 Å². The highest BCUT2D eigenvalue weighted by atomic mass is 31.1. The summed E-state index contributed by atoms with van der Waals surface area (Å²) in [6, 6.07) is 0. The van der Waals surface area contributed by atoms with Crippen LogP contribution in [-0.4, -0.2) is 19.5 Å². The molecule has 0 saturated carbocycles. The molecule has 5 heavy (non-hydrogen) atoms. The van der Waals surface area contributed by atoms with Crippen molar-refractivity contribution in [3.05, 3.63) is 0 Å². The largest absolute Gasteiger partial charge is 0.113 e. The van der Waals surface area contributed by atoms with E-state index in [2.05, 4.69) is 20.3 Å². The molecule has 0 heterocycles. The van der Waals surface area contributed by atoms with Crippen LogP contribution in [0.5, 0.6) is 0 Å². The van der Waals surface area contributed by atoms with Crippen LogP contribution in [0.3, 0.4) is 0 Å². The highest BCUT2D eigenvalue weighted by molar-refractivity contribution is 7.55. The maximum atomic E-state index is 2.29. The van der Waals surface area contributed by atoms with Crippen molar-refractivity contribution >= 4 is 7.92 Å². The van der Waals surface area contributed by atoms with E-state index in [1.165, 1.54) is 6.16 Å². The maximum Gasteiger partial charge on any atom is 0 e. The summed E-state index contributed by atoms with van der Waals surface area (Å²) in [4.78, 5) is 0. The van der Waals surface area contributed by atoms with Gasteiger partial charge >= 0.3 is 0 Å². The lowest BCUT2D eigenvalue weighted by atomic mass is 11.0. The first-order chi connectivity index (χ1) is 2.27. The summed E-state index contributed by atoms with van der Waals surface area (Å²) < 4.78 is 0. The quantitative estimate of drug-likeness (QED) is 0.435. The fourth-order valence-corrected chi connectivity index (χ4v) is 0. The second-order valence-electron chi connectivity index (χ2n) is 1.40. The Hall–Kier alpha value is 0.430. The predicted octanol–water partition coefficient (Wildman–Crippen LogP) is 1.99. The van der Waals surface area contributed by atoms with Crippen molar-refractivity contribution in [2.75, 3.05) is 19.5 Å². The van der Waals surface area contributed by atoms with E-state index in [0.29, 0.717) is 7.92 Å². The van der Waals surface area contributed by atoms with E-state index in [4.69, 9.17) is 0 Å². The minimum absolute atomic E-state index is 0. The van der Waals surface area contributed by atoms with Crippen LogP contribution in [0.15, 0.2) is 0 Å². The molecule has 0 bridgehead atoms. The summed E-state index contributed by atoms with van der Waals surface area (Å²) in [7, 11) is 0.402. The zero-order valence-corrected chi connectivity index (χ0v) is 5.05. The number of rotatable bonds is 1. The Kier molecular flexibility index (Phi) is 2.88. The third-order valence-electron chi connectivity index (χ3n) is 0.632. The molecule has 0 aromatic carbocycles. The van der Waals surface area contributed by atoms with E-state index < -0.39 is 0 Å². The summed E-state index contributed by atoms with van der Waals surface area (Å²) in [5.74, 6) is 0. The molecule has 34 valence electrons. The van der Waals surface area contributed by atoms with Crippen LogP contribution in [0.1, 0.15) is 8.35 Å². The van der Waals surface area contributed by atoms with E-state index in [-0.39, 0.29) is 1.43 Å². The van der Waals surface area contributed by atoms with Gasteiger partial charge in [0, 0.05) is 1.43 Å². The molecule has 0 aliphatic heterocycles. The number of hydrogen-bond donors (Lipinski definition) is 0. The fraction of sp³-hybridized carbons (Fsp3) is 1.00. The Labute approximate surface area is 36.8 Å². The van der Waals surface area contributed by atoms with Gasteiger partial charge in [0.1, 0.15) is 0 Å². The van der Waals surface area contributed by atoms with E-state index in [0.717, 1.165) is 0 Å². The fourth-order valence-electron chi connectivity index (χ4n) is 0. The zero-order valence-electron chi connectivity index (χ0n) is 4.15. The first-order valence-electron chi connectivity index (χ1n) is 1.92. The van der Waals surface area contributed by atoms with Gasteiger partial charge in [-0.1, -0.05) is 6.92 Å². The standard InChI is InChI=1S/C4H11P.H2/c1-4-5(2)3;/h4H2,1-3H3;1H/i;1+1. The van der Waals surface area contributed by atoms with Gasteiger partial charge in [-0.25, -0.2) is 0 Å². The molecule has 0 aromatic heterocycles. The summed E-state index contributed by atoms with van der Waals surface area (Å²) in [5.41, 5.74) is 0. The van der Waals surface area contributed by atoms with Crippen LogP contribution in [0.4, 0.5) is 0 Å². The average molecular weight is 93.1 g/mol. The second kappa shape index (κ2) is 2.66. The van der Waals surface area contributed by atoms with E-state index in [1.807, 2.05) is 0 Å². The highest BCUT2D eigenvalue weighted by Crippen LogP contribution is 2.21. The molecule has 0 aromatic rings.